The molecule has 0 aliphatic carbocycles. The van der Waals surface area contributed by atoms with Crippen molar-refractivity contribution in [3.05, 3.63) is 120 Å². The first kappa shape index (κ1) is 23.0. The maximum absolute atomic E-state index is 6.62. The molecule has 5 aromatic rings. The summed E-state index contributed by atoms with van der Waals surface area (Å²) in [6, 6.07) is 34.3. The first-order valence-corrected chi connectivity index (χ1v) is 12.6. The van der Waals surface area contributed by atoms with E-state index in [4.69, 9.17) is 26.6 Å². The predicted molar refractivity (Wildman–Crippen MR) is 152 cm³/mol. The Hall–Kier alpha value is -4.41. The lowest BCUT2D eigenvalue weighted by Gasteiger charge is -2.11. The van der Waals surface area contributed by atoms with Gasteiger partial charge in [0.2, 0.25) is 0 Å². The number of benzene rings is 4. The van der Waals surface area contributed by atoms with Crippen LogP contribution < -0.4 is 0 Å². The predicted octanol–water partition coefficient (Wildman–Crippen LogP) is 8.40. The number of rotatable bonds is 5. The first-order chi connectivity index (χ1) is 18.2. The maximum Gasteiger partial charge on any atom is 0.164 e. The summed E-state index contributed by atoms with van der Waals surface area (Å²) in [7, 11) is 0. The molecule has 0 saturated carbocycles. The molecule has 0 unspecified atom stereocenters. The van der Waals surface area contributed by atoms with Crippen molar-refractivity contribution >= 4 is 23.5 Å². The second kappa shape index (κ2) is 10.3. The average molecular weight is 499 g/mol. The van der Waals surface area contributed by atoms with Crippen LogP contribution in [0.4, 0.5) is 0 Å². The van der Waals surface area contributed by atoms with E-state index in [0.29, 0.717) is 22.5 Å². The Kier molecular flexibility index (Phi) is 6.40. The van der Waals surface area contributed by atoms with Crippen LogP contribution in [0.1, 0.15) is 18.4 Å². The van der Waals surface area contributed by atoms with E-state index in [9.17, 15) is 0 Å². The van der Waals surface area contributed by atoms with Gasteiger partial charge in [-0.05, 0) is 47.7 Å². The van der Waals surface area contributed by atoms with Crippen LogP contribution in [0, 0.1) is 0 Å². The van der Waals surface area contributed by atoms with Crippen LogP contribution in [-0.4, -0.2) is 21.2 Å². The molecule has 0 bridgehead atoms. The highest BCUT2D eigenvalue weighted by atomic mass is 35.5. The van der Waals surface area contributed by atoms with E-state index in [-0.39, 0.29) is 0 Å². The van der Waals surface area contributed by atoms with Gasteiger partial charge in [0.15, 0.2) is 17.5 Å². The summed E-state index contributed by atoms with van der Waals surface area (Å²) in [6.07, 6.45) is 6.19. The molecule has 1 aliphatic rings. The molecule has 1 aromatic heterocycles. The summed E-state index contributed by atoms with van der Waals surface area (Å²) in [5.41, 5.74) is 6.90. The summed E-state index contributed by atoms with van der Waals surface area (Å²) in [5.74, 6) is 1.82. The Morgan fingerprint density at radius 1 is 0.486 bits per heavy atom. The highest BCUT2D eigenvalue weighted by molar-refractivity contribution is 6.31. The third-order valence-electron chi connectivity index (χ3n) is 6.23. The van der Waals surface area contributed by atoms with Crippen molar-refractivity contribution in [1.29, 1.82) is 0 Å². The largest absolute Gasteiger partial charge is 0.261 e. The number of halogens is 1. The number of allylic oxidation sites excluding steroid dienone is 1. The molecule has 1 aliphatic heterocycles. The molecule has 0 saturated heterocycles. The van der Waals surface area contributed by atoms with Gasteiger partial charge in [-0.15, -0.1) is 0 Å². The minimum absolute atomic E-state index is 0.578. The molecular formula is C32H23ClN4. The Balaban J connectivity index is 1.43. The van der Waals surface area contributed by atoms with Gasteiger partial charge in [-0.1, -0.05) is 103 Å². The molecule has 37 heavy (non-hydrogen) atoms. The number of aliphatic imine (C=N–C) groups is 1. The molecule has 0 N–H and O–H groups in total. The van der Waals surface area contributed by atoms with Crippen LogP contribution in [-0.2, 0) is 0 Å². The number of nitrogens with zero attached hydrogens (tertiary/aromatic N) is 4. The number of hydrogen-bond acceptors (Lipinski definition) is 4. The van der Waals surface area contributed by atoms with E-state index in [0.717, 1.165) is 51.9 Å². The van der Waals surface area contributed by atoms with Crippen LogP contribution in [0.25, 0.3) is 51.0 Å². The molecule has 5 heteroatoms. The molecule has 0 fully saturated rings. The highest BCUT2D eigenvalue weighted by Gasteiger charge is 2.14. The van der Waals surface area contributed by atoms with Crippen LogP contribution in [0.5, 0.6) is 0 Å². The minimum Gasteiger partial charge on any atom is -0.261 e. The lowest BCUT2D eigenvalue weighted by atomic mass is 10.00. The van der Waals surface area contributed by atoms with Crippen LogP contribution in [0.2, 0.25) is 5.02 Å². The van der Waals surface area contributed by atoms with Gasteiger partial charge < -0.3 is 0 Å². The molecule has 6 rings (SSSR count). The third-order valence-corrected chi connectivity index (χ3v) is 6.45. The van der Waals surface area contributed by atoms with Crippen molar-refractivity contribution in [3.8, 4) is 45.3 Å². The molecule has 0 spiro atoms. The lowest BCUT2D eigenvalue weighted by Crippen LogP contribution is -2.00. The van der Waals surface area contributed by atoms with Crippen molar-refractivity contribution in [2.24, 2.45) is 4.99 Å². The van der Waals surface area contributed by atoms with Crippen molar-refractivity contribution in [3.63, 3.8) is 0 Å². The van der Waals surface area contributed by atoms with Crippen molar-refractivity contribution in [2.75, 3.05) is 0 Å². The van der Waals surface area contributed by atoms with Gasteiger partial charge in [0.05, 0.1) is 5.70 Å². The highest BCUT2D eigenvalue weighted by Crippen LogP contribution is 2.32. The van der Waals surface area contributed by atoms with Crippen molar-refractivity contribution < 1.29 is 0 Å². The Morgan fingerprint density at radius 3 is 1.59 bits per heavy atom. The van der Waals surface area contributed by atoms with Gasteiger partial charge in [0, 0.05) is 27.9 Å². The average Bonchev–Trinajstić information content (AvgIpc) is 2.98. The molecule has 2 heterocycles. The first-order valence-electron chi connectivity index (χ1n) is 12.2. The van der Waals surface area contributed by atoms with Gasteiger partial charge in [0.1, 0.15) is 0 Å². The van der Waals surface area contributed by atoms with Crippen molar-refractivity contribution in [1.82, 2.24) is 15.0 Å². The van der Waals surface area contributed by atoms with Gasteiger partial charge in [-0.25, -0.2) is 15.0 Å². The standard InChI is InChI=1S/C32H23ClN4/c33-28-20-26(22-14-16-23(17-15-22)29-13-7-8-18-34-29)19-27(21-28)32-36-30(24-9-3-1-4-10-24)35-31(37-32)25-11-5-2-6-12-25/h1-6,9-21H,7-8H2. The smallest absolute Gasteiger partial charge is 0.164 e. The fourth-order valence-electron chi connectivity index (χ4n) is 4.36. The fourth-order valence-corrected chi connectivity index (χ4v) is 4.59. The summed E-state index contributed by atoms with van der Waals surface area (Å²) >= 11 is 6.62. The lowest BCUT2D eigenvalue weighted by molar-refractivity contribution is 1.07. The summed E-state index contributed by atoms with van der Waals surface area (Å²) in [5, 5.41) is 0.624. The number of hydrogen-bond donors (Lipinski definition) is 0. The normalized spacial score (nSPS) is 12.8. The van der Waals surface area contributed by atoms with Gasteiger partial charge in [0.25, 0.3) is 0 Å². The third kappa shape index (κ3) is 5.11. The van der Waals surface area contributed by atoms with Crippen molar-refractivity contribution in [2.45, 2.75) is 12.8 Å². The molecule has 0 radical (unpaired) electrons. The van der Waals surface area contributed by atoms with Gasteiger partial charge in [-0.3, -0.25) is 4.99 Å². The molecule has 4 nitrogen and oxygen atoms in total. The zero-order valence-corrected chi connectivity index (χ0v) is 20.8. The SMILES string of the molecule is Clc1cc(-c2ccc(C3=CCCC=N3)cc2)cc(-c2nc(-c3ccccc3)nc(-c3ccccc3)n2)c1. The summed E-state index contributed by atoms with van der Waals surface area (Å²) in [6.45, 7) is 0. The summed E-state index contributed by atoms with van der Waals surface area (Å²) < 4.78 is 0. The topological polar surface area (TPSA) is 51.0 Å². The molecule has 0 atom stereocenters. The fraction of sp³-hybridized carbons (Fsp3) is 0.0625. The molecule has 178 valence electrons. The van der Waals surface area contributed by atoms with E-state index in [2.05, 4.69) is 41.4 Å². The Morgan fingerprint density at radius 2 is 1.03 bits per heavy atom. The quantitative estimate of drug-likeness (QED) is 0.244. The number of aromatic nitrogens is 3. The Bertz CT molecular complexity index is 1550. The van der Waals surface area contributed by atoms with Crippen LogP contribution >= 0.6 is 11.6 Å². The molecule has 4 aromatic carbocycles. The monoisotopic (exact) mass is 498 g/mol. The molecule has 0 amide bonds. The van der Waals surface area contributed by atoms with E-state index >= 15 is 0 Å². The van der Waals surface area contributed by atoms with Crippen LogP contribution in [0.15, 0.2) is 114 Å². The van der Waals surface area contributed by atoms with E-state index in [1.54, 1.807) is 0 Å². The molecular weight excluding hydrogens is 476 g/mol. The van der Waals surface area contributed by atoms with E-state index in [1.165, 1.54) is 0 Å². The van der Waals surface area contributed by atoms with Gasteiger partial charge in [-0.2, -0.15) is 0 Å². The van der Waals surface area contributed by atoms with E-state index < -0.39 is 0 Å². The minimum atomic E-state index is 0.578. The summed E-state index contributed by atoms with van der Waals surface area (Å²) in [4.78, 5) is 19.0. The van der Waals surface area contributed by atoms with E-state index in [1.807, 2.05) is 79.0 Å². The second-order valence-corrected chi connectivity index (χ2v) is 9.26. The zero-order valence-electron chi connectivity index (χ0n) is 20.1. The Labute approximate surface area is 221 Å². The van der Waals surface area contributed by atoms with Crippen LogP contribution in [0.3, 0.4) is 0 Å². The zero-order chi connectivity index (χ0) is 25.0. The second-order valence-electron chi connectivity index (χ2n) is 8.82. The van der Waals surface area contributed by atoms with Gasteiger partial charge >= 0.3 is 0 Å². The maximum atomic E-state index is 6.62.